The average Bonchev–Trinajstić information content (AvgIpc) is 2.15. The molecule has 1 nitrogen and oxygen atoms in total. The van der Waals surface area contributed by atoms with Crippen molar-refractivity contribution in [1.29, 1.82) is 0 Å². The SMILES string of the molecule is CC(C)(C)c1cc2c(cc1F)NCC[CH]2. The number of hydrogen-bond acceptors (Lipinski definition) is 1. The van der Waals surface area contributed by atoms with Crippen molar-refractivity contribution in [2.75, 3.05) is 11.9 Å². The van der Waals surface area contributed by atoms with Crippen LogP contribution in [0.2, 0.25) is 0 Å². The summed E-state index contributed by atoms with van der Waals surface area (Å²) in [5.74, 6) is -0.107. The summed E-state index contributed by atoms with van der Waals surface area (Å²) in [6, 6.07) is 3.59. The molecule has 81 valence electrons. The van der Waals surface area contributed by atoms with E-state index < -0.39 is 0 Å². The lowest BCUT2D eigenvalue weighted by molar-refractivity contribution is 0.522. The van der Waals surface area contributed by atoms with E-state index in [0.29, 0.717) is 0 Å². The Morgan fingerprint density at radius 2 is 2.00 bits per heavy atom. The van der Waals surface area contributed by atoms with Crippen LogP contribution in [0, 0.1) is 12.2 Å². The molecule has 0 atom stereocenters. The first-order chi connectivity index (χ1) is 6.98. The molecule has 0 unspecified atom stereocenters. The maximum atomic E-state index is 13.8. The molecule has 2 rings (SSSR count). The minimum absolute atomic E-state index is 0.107. The number of halogens is 1. The standard InChI is InChI=1S/C13H17FN/c1-13(2,3)10-7-9-5-4-6-15-12(9)8-11(10)14/h5,7-8,15H,4,6H2,1-3H3. The van der Waals surface area contributed by atoms with Gasteiger partial charge in [-0.05, 0) is 41.5 Å². The van der Waals surface area contributed by atoms with Crippen LogP contribution in [0.1, 0.15) is 38.3 Å². The van der Waals surface area contributed by atoms with Gasteiger partial charge in [-0.15, -0.1) is 0 Å². The van der Waals surface area contributed by atoms with Crippen molar-refractivity contribution in [2.24, 2.45) is 0 Å². The van der Waals surface area contributed by atoms with E-state index in [-0.39, 0.29) is 11.2 Å². The van der Waals surface area contributed by atoms with Crippen LogP contribution in [-0.2, 0) is 5.41 Å². The first kappa shape index (κ1) is 10.5. The maximum absolute atomic E-state index is 13.8. The summed E-state index contributed by atoms with van der Waals surface area (Å²) in [5.41, 5.74) is 2.71. The molecule has 0 aromatic heterocycles. The van der Waals surface area contributed by atoms with Gasteiger partial charge in [0.15, 0.2) is 0 Å². The molecule has 1 heterocycles. The molecule has 0 saturated carbocycles. The van der Waals surface area contributed by atoms with Crippen molar-refractivity contribution in [3.63, 3.8) is 0 Å². The fraction of sp³-hybridized carbons (Fsp3) is 0.462. The topological polar surface area (TPSA) is 12.0 Å². The largest absolute Gasteiger partial charge is 0.385 e. The van der Waals surface area contributed by atoms with E-state index in [9.17, 15) is 4.39 Å². The molecule has 1 aromatic rings. The highest BCUT2D eigenvalue weighted by Gasteiger charge is 2.21. The van der Waals surface area contributed by atoms with Gasteiger partial charge in [-0.3, -0.25) is 0 Å². The molecule has 0 spiro atoms. The summed E-state index contributed by atoms with van der Waals surface area (Å²) in [7, 11) is 0. The van der Waals surface area contributed by atoms with Crippen molar-refractivity contribution in [3.8, 4) is 0 Å². The van der Waals surface area contributed by atoms with Crippen molar-refractivity contribution in [1.82, 2.24) is 0 Å². The molecule has 0 bridgehead atoms. The van der Waals surface area contributed by atoms with E-state index in [1.165, 1.54) is 0 Å². The zero-order valence-corrected chi connectivity index (χ0v) is 9.52. The van der Waals surface area contributed by atoms with Crippen LogP contribution in [0.25, 0.3) is 0 Å². The third kappa shape index (κ3) is 1.99. The molecular weight excluding hydrogens is 189 g/mol. The third-order valence-electron chi connectivity index (χ3n) is 2.77. The summed E-state index contributed by atoms with van der Waals surface area (Å²) >= 11 is 0. The maximum Gasteiger partial charge on any atom is 0.129 e. The molecule has 1 radical (unpaired) electrons. The van der Waals surface area contributed by atoms with Gasteiger partial charge in [0.05, 0.1) is 0 Å². The van der Waals surface area contributed by atoms with Gasteiger partial charge in [0, 0.05) is 12.2 Å². The fourth-order valence-electron chi connectivity index (χ4n) is 1.92. The summed E-state index contributed by atoms with van der Waals surface area (Å²) < 4.78 is 13.8. The Balaban J connectivity index is 2.50. The lowest BCUT2D eigenvalue weighted by atomic mass is 9.84. The molecule has 1 aromatic carbocycles. The zero-order chi connectivity index (χ0) is 11.1. The molecule has 0 fully saturated rings. The van der Waals surface area contributed by atoms with Crippen LogP contribution in [0.4, 0.5) is 10.1 Å². The Kier molecular flexibility index (Phi) is 2.45. The Bertz CT molecular complexity index is 377. The van der Waals surface area contributed by atoms with Gasteiger partial charge in [-0.2, -0.15) is 0 Å². The van der Waals surface area contributed by atoms with Gasteiger partial charge in [0.25, 0.3) is 0 Å². The number of nitrogens with one attached hydrogen (secondary N) is 1. The molecule has 0 amide bonds. The van der Waals surface area contributed by atoms with Crippen molar-refractivity contribution in [2.45, 2.75) is 32.6 Å². The van der Waals surface area contributed by atoms with Gasteiger partial charge in [-0.25, -0.2) is 4.39 Å². The second-order valence-electron chi connectivity index (χ2n) is 5.09. The highest BCUT2D eigenvalue weighted by atomic mass is 19.1. The van der Waals surface area contributed by atoms with Crippen LogP contribution < -0.4 is 5.32 Å². The molecule has 15 heavy (non-hydrogen) atoms. The highest BCUT2D eigenvalue weighted by Crippen LogP contribution is 2.32. The van der Waals surface area contributed by atoms with E-state index in [4.69, 9.17) is 0 Å². The van der Waals surface area contributed by atoms with Crippen LogP contribution >= 0.6 is 0 Å². The fourth-order valence-corrected chi connectivity index (χ4v) is 1.92. The van der Waals surface area contributed by atoms with Crippen LogP contribution in [0.15, 0.2) is 12.1 Å². The first-order valence-corrected chi connectivity index (χ1v) is 5.39. The van der Waals surface area contributed by atoms with Gasteiger partial charge < -0.3 is 5.32 Å². The summed E-state index contributed by atoms with van der Waals surface area (Å²) in [6.45, 7) is 7.01. The minimum Gasteiger partial charge on any atom is -0.385 e. The number of anilines is 1. The predicted octanol–water partition coefficient (Wildman–Crippen LogP) is 3.49. The minimum atomic E-state index is -0.135. The van der Waals surface area contributed by atoms with Crippen molar-refractivity contribution < 1.29 is 4.39 Å². The first-order valence-electron chi connectivity index (χ1n) is 5.39. The van der Waals surface area contributed by atoms with Crippen molar-refractivity contribution >= 4 is 5.69 Å². The van der Waals surface area contributed by atoms with E-state index in [2.05, 4.69) is 11.7 Å². The molecule has 1 aliphatic heterocycles. The lowest BCUT2D eigenvalue weighted by Crippen LogP contribution is -2.17. The summed E-state index contributed by atoms with van der Waals surface area (Å²) in [4.78, 5) is 0. The lowest BCUT2D eigenvalue weighted by Gasteiger charge is -2.24. The van der Waals surface area contributed by atoms with Crippen LogP contribution in [0.3, 0.4) is 0 Å². The number of benzene rings is 1. The van der Waals surface area contributed by atoms with Gasteiger partial charge in [0.1, 0.15) is 5.82 Å². The quantitative estimate of drug-likeness (QED) is 0.685. The number of fused-ring (bicyclic) bond motifs is 1. The van der Waals surface area contributed by atoms with E-state index in [1.807, 2.05) is 26.8 Å². The normalized spacial score (nSPS) is 15.7. The highest BCUT2D eigenvalue weighted by molar-refractivity contribution is 5.59. The second-order valence-corrected chi connectivity index (χ2v) is 5.09. The van der Waals surface area contributed by atoms with Crippen LogP contribution in [-0.4, -0.2) is 6.54 Å². The van der Waals surface area contributed by atoms with Crippen LogP contribution in [0.5, 0.6) is 0 Å². The Morgan fingerprint density at radius 1 is 1.27 bits per heavy atom. The molecule has 2 heteroatoms. The monoisotopic (exact) mass is 206 g/mol. The van der Waals surface area contributed by atoms with E-state index in [1.54, 1.807) is 6.07 Å². The smallest absolute Gasteiger partial charge is 0.129 e. The molecule has 1 N–H and O–H groups in total. The Hall–Kier alpha value is -1.05. The molecular formula is C13H17FN. The van der Waals surface area contributed by atoms with E-state index in [0.717, 1.165) is 29.8 Å². The predicted molar refractivity (Wildman–Crippen MR) is 61.6 cm³/mol. The molecule has 0 aliphatic carbocycles. The Morgan fingerprint density at radius 3 is 2.67 bits per heavy atom. The average molecular weight is 206 g/mol. The summed E-state index contributed by atoms with van der Waals surface area (Å²) in [6.07, 6.45) is 3.18. The van der Waals surface area contributed by atoms with Gasteiger partial charge in [-0.1, -0.05) is 20.8 Å². The zero-order valence-electron chi connectivity index (χ0n) is 9.52. The van der Waals surface area contributed by atoms with Crippen molar-refractivity contribution in [3.05, 3.63) is 35.5 Å². The van der Waals surface area contributed by atoms with Gasteiger partial charge >= 0.3 is 0 Å². The Labute approximate surface area is 90.7 Å². The molecule has 0 saturated heterocycles. The van der Waals surface area contributed by atoms with E-state index >= 15 is 0 Å². The third-order valence-corrected chi connectivity index (χ3v) is 2.77. The van der Waals surface area contributed by atoms with Gasteiger partial charge in [0.2, 0.25) is 0 Å². The number of rotatable bonds is 0. The molecule has 1 aliphatic rings. The summed E-state index contributed by atoms with van der Waals surface area (Å²) in [5, 5.41) is 3.21. The second kappa shape index (κ2) is 3.51. The number of hydrogen-bond donors (Lipinski definition) is 1.